The number of sulfonamides is 1. The number of nitrogens with one attached hydrogen (secondary N) is 2. The molecule has 0 aliphatic carbocycles. The van der Waals surface area contributed by atoms with Gasteiger partial charge in [0.1, 0.15) is 10.7 Å². The highest BCUT2D eigenvalue weighted by atomic mass is 32.2. The van der Waals surface area contributed by atoms with E-state index in [1.807, 2.05) is 18.2 Å². The van der Waals surface area contributed by atoms with Crippen molar-refractivity contribution in [1.82, 2.24) is 14.6 Å². The summed E-state index contributed by atoms with van der Waals surface area (Å²) in [6.45, 7) is 4.29. The summed E-state index contributed by atoms with van der Waals surface area (Å²) in [6.07, 6.45) is 2.31. The summed E-state index contributed by atoms with van der Waals surface area (Å²) >= 11 is 0. The van der Waals surface area contributed by atoms with Gasteiger partial charge in [-0.25, -0.2) is 18.1 Å². The molecule has 0 aliphatic rings. The van der Waals surface area contributed by atoms with Crippen LogP contribution in [0.25, 0.3) is 0 Å². The molecule has 26 heavy (non-hydrogen) atoms. The van der Waals surface area contributed by atoms with Gasteiger partial charge in [-0.1, -0.05) is 30.3 Å². The minimum absolute atomic E-state index is 0.156. The van der Waals surface area contributed by atoms with Crippen LogP contribution in [-0.2, 0) is 16.4 Å². The van der Waals surface area contributed by atoms with Gasteiger partial charge in [0, 0.05) is 24.8 Å². The molecular weight excluding hydrogens is 348 g/mol. The monoisotopic (exact) mass is 376 g/mol. The molecule has 2 rings (SSSR count). The molecule has 2 aromatic rings. The number of nitrogens with zero attached hydrogens (tertiary/aromatic N) is 2. The van der Waals surface area contributed by atoms with Gasteiger partial charge in [-0.15, -0.1) is 0 Å². The molecule has 1 aromatic carbocycles. The highest BCUT2D eigenvalue weighted by molar-refractivity contribution is 7.89. The Labute approximate surface area is 156 Å². The van der Waals surface area contributed by atoms with Crippen molar-refractivity contribution in [1.29, 1.82) is 0 Å². The molecule has 0 spiro atoms. The Kier molecular flexibility index (Phi) is 7.14. The third kappa shape index (κ3) is 6.09. The number of hydrogen-bond acceptors (Lipinski definition) is 5. The first-order valence-electron chi connectivity index (χ1n) is 8.70. The van der Waals surface area contributed by atoms with Crippen molar-refractivity contribution in [2.45, 2.75) is 37.2 Å². The summed E-state index contributed by atoms with van der Waals surface area (Å²) in [7, 11) is 0.593. The molecule has 0 unspecified atom stereocenters. The standard InChI is InChI=1S/C19H28N4O2S/c1-15(2)22-26(24,25)18-10-11-19(21-14-18)20-13-17(23(3)4)12-16-8-6-5-7-9-16/h5-11,14-15,17,22H,12-13H2,1-4H3,(H,20,21)/t17-/m0/s1. The largest absolute Gasteiger partial charge is 0.368 e. The zero-order valence-electron chi connectivity index (χ0n) is 15.8. The van der Waals surface area contributed by atoms with E-state index in [2.05, 4.69) is 46.2 Å². The number of likely N-dealkylation sites (N-methyl/N-ethyl adjacent to an activating group) is 1. The first-order valence-corrected chi connectivity index (χ1v) is 10.2. The molecule has 0 saturated carbocycles. The lowest BCUT2D eigenvalue weighted by molar-refractivity contribution is 0.303. The summed E-state index contributed by atoms with van der Waals surface area (Å²) in [5.41, 5.74) is 1.28. The van der Waals surface area contributed by atoms with Crippen LogP contribution in [0.2, 0.25) is 0 Å². The van der Waals surface area contributed by atoms with Crippen molar-refractivity contribution in [3.63, 3.8) is 0 Å². The van der Waals surface area contributed by atoms with Crippen LogP contribution in [0.15, 0.2) is 53.6 Å². The summed E-state index contributed by atoms with van der Waals surface area (Å²) in [5.74, 6) is 0.661. The lowest BCUT2D eigenvalue weighted by Crippen LogP contribution is -2.36. The first-order chi connectivity index (χ1) is 12.3. The highest BCUT2D eigenvalue weighted by Crippen LogP contribution is 2.12. The zero-order chi connectivity index (χ0) is 19.2. The van der Waals surface area contributed by atoms with E-state index < -0.39 is 10.0 Å². The number of pyridine rings is 1. The molecule has 0 bridgehead atoms. The topological polar surface area (TPSA) is 74.3 Å². The number of rotatable bonds is 9. The Morgan fingerprint density at radius 3 is 2.31 bits per heavy atom. The average molecular weight is 377 g/mol. The van der Waals surface area contributed by atoms with Gasteiger partial charge in [0.2, 0.25) is 10.0 Å². The summed E-state index contributed by atoms with van der Waals surface area (Å²) in [5, 5.41) is 3.30. The lowest BCUT2D eigenvalue weighted by Gasteiger charge is -2.25. The molecule has 0 aliphatic heterocycles. The van der Waals surface area contributed by atoms with Crippen LogP contribution in [-0.4, -0.2) is 51.0 Å². The molecular formula is C19H28N4O2S. The van der Waals surface area contributed by atoms with E-state index in [-0.39, 0.29) is 10.9 Å². The maximum absolute atomic E-state index is 12.1. The number of benzene rings is 1. The number of hydrogen-bond donors (Lipinski definition) is 2. The lowest BCUT2D eigenvalue weighted by atomic mass is 10.1. The van der Waals surface area contributed by atoms with E-state index in [1.54, 1.807) is 26.0 Å². The SMILES string of the molecule is CC(C)NS(=O)(=O)c1ccc(NC[C@H](Cc2ccccc2)N(C)C)nc1. The smallest absolute Gasteiger partial charge is 0.242 e. The van der Waals surface area contributed by atoms with Crippen LogP contribution >= 0.6 is 0 Å². The third-order valence-corrected chi connectivity index (χ3v) is 5.64. The Bertz CT molecular complexity index is 775. The van der Waals surface area contributed by atoms with Crippen molar-refractivity contribution in [2.75, 3.05) is 26.0 Å². The average Bonchev–Trinajstić information content (AvgIpc) is 2.58. The Hall–Kier alpha value is -1.96. The fraction of sp³-hybridized carbons (Fsp3) is 0.421. The van der Waals surface area contributed by atoms with Gasteiger partial charge in [-0.2, -0.15) is 0 Å². The van der Waals surface area contributed by atoms with Crippen LogP contribution in [0.4, 0.5) is 5.82 Å². The maximum atomic E-state index is 12.1. The quantitative estimate of drug-likeness (QED) is 0.703. The van der Waals surface area contributed by atoms with Gasteiger partial charge in [0.05, 0.1) is 0 Å². The molecule has 6 nitrogen and oxygen atoms in total. The normalized spacial score (nSPS) is 13.2. The van der Waals surface area contributed by atoms with E-state index in [1.165, 1.54) is 11.8 Å². The van der Waals surface area contributed by atoms with Crippen LogP contribution in [0.3, 0.4) is 0 Å². The molecule has 7 heteroatoms. The van der Waals surface area contributed by atoms with E-state index in [0.29, 0.717) is 18.4 Å². The molecule has 142 valence electrons. The molecule has 0 amide bonds. The van der Waals surface area contributed by atoms with Crippen molar-refractivity contribution in [2.24, 2.45) is 0 Å². The number of aromatic nitrogens is 1. The van der Waals surface area contributed by atoms with Crippen molar-refractivity contribution >= 4 is 15.8 Å². The van der Waals surface area contributed by atoms with Crippen molar-refractivity contribution in [3.05, 3.63) is 54.2 Å². The molecule has 2 N–H and O–H groups in total. The van der Waals surface area contributed by atoms with Crippen LogP contribution in [0.1, 0.15) is 19.4 Å². The van der Waals surface area contributed by atoms with Gasteiger partial charge in [-0.05, 0) is 52.1 Å². The first kappa shape index (κ1) is 20.4. The molecule has 1 heterocycles. The molecule has 0 fully saturated rings. The second-order valence-electron chi connectivity index (χ2n) is 6.84. The minimum Gasteiger partial charge on any atom is -0.368 e. The second kappa shape index (κ2) is 9.12. The zero-order valence-corrected chi connectivity index (χ0v) is 16.6. The highest BCUT2D eigenvalue weighted by Gasteiger charge is 2.16. The molecule has 1 atom stereocenters. The summed E-state index contributed by atoms with van der Waals surface area (Å²) < 4.78 is 26.8. The van der Waals surface area contributed by atoms with Gasteiger partial charge in [0.15, 0.2) is 0 Å². The molecule has 1 aromatic heterocycles. The van der Waals surface area contributed by atoms with Crippen LogP contribution in [0.5, 0.6) is 0 Å². The van der Waals surface area contributed by atoms with Crippen molar-refractivity contribution < 1.29 is 8.42 Å². The Morgan fingerprint density at radius 1 is 1.08 bits per heavy atom. The van der Waals surface area contributed by atoms with Crippen molar-refractivity contribution in [3.8, 4) is 0 Å². The second-order valence-corrected chi connectivity index (χ2v) is 8.56. The maximum Gasteiger partial charge on any atom is 0.242 e. The van der Waals surface area contributed by atoms with Gasteiger partial charge >= 0.3 is 0 Å². The van der Waals surface area contributed by atoms with Gasteiger partial charge < -0.3 is 10.2 Å². The molecule has 0 saturated heterocycles. The fourth-order valence-corrected chi connectivity index (χ4v) is 3.76. The Balaban J connectivity index is 1.99. The summed E-state index contributed by atoms with van der Waals surface area (Å²) in [6, 6.07) is 13.8. The molecule has 0 radical (unpaired) electrons. The number of anilines is 1. The van der Waals surface area contributed by atoms with Crippen LogP contribution in [0, 0.1) is 0 Å². The predicted octanol–water partition coefficient (Wildman–Crippen LogP) is 2.35. The van der Waals surface area contributed by atoms with Gasteiger partial charge in [0.25, 0.3) is 0 Å². The fourth-order valence-electron chi connectivity index (χ4n) is 2.57. The van der Waals surface area contributed by atoms with Crippen LogP contribution < -0.4 is 10.0 Å². The van der Waals surface area contributed by atoms with E-state index in [9.17, 15) is 8.42 Å². The minimum atomic E-state index is -3.51. The van der Waals surface area contributed by atoms with Gasteiger partial charge in [-0.3, -0.25) is 0 Å². The van der Waals surface area contributed by atoms with E-state index >= 15 is 0 Å². The van der Waals surface area contributed by atoms with E-state index in [4.69, 9.17) is 0 Å². The van der Waals surface area contributed by atoms with E-state index in [0.717, 1.165) is 6.42 Å². The third-order valence-electron chi connectivity index (χ3n) is 4.00. The summed E-state index contributed by atoms with van der Waals surface area (Å²) in [4.78, 5) is 6.59. The predicted molar refractivity (Wildman–Crippen MR) is 106 cm³/mol. The Morgan fingerprint density at radius 2 is 1.77 bits per heavy atom.